The van der Waals surface area contributed by atoms with Crippen molar-refractivity contribution in [2.75, 3.05) is 24.5 Å². The molecule has 1 fully saturated rings. The fraction of sp³-hybridized carbons (Fsp3) is 0.360. The van der Waals surface area contributed by atoms with Crippen molar-refractivity contribution in [1.82, 2.24) is 24.5 Å². The summed E-state index contributed by atoms with van der Waals surface area (Å²) in [4.78, 5) is 21.9. The number of amides is 1. The molecule has 0 bridgehead atoms. The van der Waals surface area contributed by atoms with E-state index < -0.39 is 0 Å². The van der Waals surface area contributed by atoms with E-state index in [0.29, 0.717) is 13.1 Å². The highest BCUT2D eigenvalue weighted by Gasteiger charge is 2.31. The van der Waals surface area contributed by atoms with Gasteiger partial charge in [0.15, 0.2) is 11.5 Å². The van der Waals surface area contributed by atoms with Gasteiger partial charge in [-0.15, -0.1) is 10.2 Å². The van der Waals surface area contributed by atoms with Gasteiger partial charge in [-0.05, 0) is 26.0 Å². The van der Waals surface area contributed by atoms with Gasteiger partial charge in [0.25, 0.3) is 0 Å². The first-order chi connectivity index (χ1) is 15.4. The number of fused-ring (bicyclic) bond motifs is 3. The molecule has 1 amide bonds. The molecule has 0 aliphatic carbocycles. The van der Waals surface area contributed by atoms with E-state index in [0.717, 1.165) is 40.4 Å². The van der Waals surface area contributed by atoms with E-state index in [1.54, 1.807) is 0 Å². The van der Waals surface area contributed by atoms with E-state index in [9.17, 15) is 4.79 Å². The molecule has 0 radical (unpaired) electrons. The van der Waals surface area contributed by atoms with E-state index in [2.05, 4.69) is 57.6 Å². The Balaban J connectivity index is 1.64. The van der Waals surface area contributed by atoms with Gasteiger partial charge < -0.3 is 9.80 Å². The number of benzene rings is 2. The van der Waals surface area contributed by atoms with Crippen molar-refractivity contribution < 1.29 is 4.79 Å². The number of aromatic nitrogens is 4. The smallest absolute Gasteiger partial charge is 0.225 e. The van der Waals surface area contributed by atoms with Crippen LogP contribution in [0, 0.1) is 12.8 Å². The first kappa shape index (κ1) is 20.4. The molecule has 5 rings (SSSR count). The molecule has 1 aliphatic heterocycles. The number of carbonyl (C=O) groups is 1. The minimum Gasteiger partial charge on any atom is -0.338 e. The molecule has 0 N–H and O–H groups in total. The van der Waals surface area contributed by atoms with Crippen LogP contribution in [0.4, 0.5) is 5.95 Å². The van der Waals surface area contributed by atoms with Crippen molar-refractivity contribution in [3.8, 4) is 11.4 Å². The zero-order chi connectivity index (χ0) is 22.4. The molecule has 1 saturated heterocycles. The van der Waals surface area contributed by atoms with Crippen molar-refractivity contribution in [2.45, 2.75) is 33.7 Å². The summed E-state index contributed by atoms with van der Waals surface area (Å²) in [6, 6.07) is 16.5. The SMILES string of the molecule is Cc1ccc(-c2nnc3c4ccccc4nc(N4CCN(C(=O)C(C)C)[C@@H](C)C4)n23)cc1. The lowest BCUT2D eigenvalue weighted by atomic mass is 10.1. The maximum absolute atomic E-state index is 12.6. The van der Waals surface area contributed by atoms with Crippen LogP contribution in [-0.4, -0.2) is 56.1 Å². The number of nitrogens with zero attached hydrogens (tertiary/aromatic N) is 6. The molecule has 4 aromatic rings. The third kappa shape index (κ3) is 3.38. The van der Waals surface area contributed by atoms with Gasteiger partial charge in [0, 0.05) is 42.5 Å². The molecular weight excluding hydrogens is 400 g/mol. The van der Waals surface area contributed by atoms with Gasteiger partial charge in [-0.1, -0.05) is 55.8 Å². The summed E-state index contributed by atoms with van der Waals surface area (Å²) in [5.74, 6) is 1.81. The van der Waals surface area contributed by atoms with Gasteiger partial charge in [0.2, 0.25) is 11.9 Å². The second-order valence-corrected chi connectivity index (χ2v) is 8.96. The highest BCUT2D eigenvalue weighted by atomic mass is 16.2. The Morgan fingerprint density at radius 2 is 1.78 bits per heavy atom. The number of aryl methyl sites for hydroxylation is 1. The topological polar surface area (TPSA) is 66.6 Å². The number of carbonyl (C=O) groups excluding carboxylic acids is 1. The Labute approximate surface area is 187 Å². The maximum Gasteiger partial charge on any atom is 0.225 e. The molecule has 2 aromatic heterocycles. The quantitative estimate of drug-likeness (QED) is 0.494. The average molecular weight is 429 g/mol. The van der Waals surface area contributed by atoms with Crippen LogP contribution in [0.3, 0.4) is 0 Å². The summed E-state index contributed by atoms with van der Waals surface area (Å²) in [5.41, 5.74) is 3.90. The zero-order valence-corrected chi connectivity index (χ0v) is 19.0. The predicted molar refractivity (Wildman–Crippen MR) is 127 cm³/mol. The van der Waals surface area contributed by atoms with E-state index in [-0.39, 0.29) is 17.9 Å². The lowest BCUT2D eigenvalue weighted by Crippen LogP contribution is -2.55. The predicted octanol–water partition coefficient (Wildman–Crippen LogP) is 3.95. The molecular formula is C25H28N6O. The Morgan fingerprint density at radius 3 is 2.50 bits per heavy atom. The van der Waals surface area contributed by atoms with Crippen LogP contribution in [0.2, 0.25) is 0 Å². The fourth-order valence-electron chi connectivity index (χ4n) is 4.47. The molecule has 1 atom stereocenters. The molecule has 1 aliphatic rings. The molecule has 0 saturated carbocycles. The summed E-state index contributed by atoms with van der Waals surface area (Å²) >= 11 is 0. The van der Waals surface area contributed by atoms with Gasteiger partial charge >= 0.3 is 0 Å². The van der Waals surface area contributed by atoms with Gasteiger partial charge in [0.05, 0.1) is 5.52 Å². The van der Waals surface area contributed by atoms with Gasteiger partial charge in [-0.2, -0.15) is 0 Å². The lowest BCUT2D eigenvalue weighted by Gasteiger charge is -2.41. The third-order valence-electron chi connectivity index (χ3n) is 6.23. The minimum atomic E-state index is 0.000453. The second kappa shape index (κ2) is 7.89. The number of rotatable bonds is 3. The van der Waals surface area contributed by atoms with E-state index in [1.165, 1.54) is 5.56 Å². The number of para-hydroxylation sites is 1. The maximum atomic E-state index is 12.6. The molecule has 7 nitrogen and oxygen atoms in total. The normalized spacial score (nSPS) is 17.0. The van der Waals surface area contributed by atoms with E-state index >= 15 is 0 Å². The number of anilines is 1. The molecule has 2 aromatic carbocycles. The Bertz CT molecular complexity index is 1290. The Hall–Kier alpha value is -3.48. The number of piperazine rings is 1. The summed E-state index contributed by atoms with van der Waals surface area (Å²) in [7, 11) is 0. The molecule has 7 heteroatoms. The van der Waals surface area contributed by atoms with E-state index in [4.69, 9.17) is 4.98 Å². The monoisotopic (exact) mass is 428 g/mol. The van der Waals surface area contributed by atoms with Crippen molar-refractivity contribution in [3.63, 3.8) is 0 Å². The van der Waals surface area contributed by atoms with Crippen LogP contribution in [0.25, 0.3) is 27.9 Å². The minimum absolute atomic E-state index is 0.000453. The third-order valence-corrected chi connectivity index (χ3v) is 6.23. The van der Waals surface area contributed by atoms with Crippen LogP contribution >= 0.6 is 0 Å². The van der Waals surface area contributed by atoms with Crippen molar-refractivity contribution >= 4 is 28.4 Å². The Morgan fingerprint density at radius 1 is 1.03 bits per heavy atom. The molecule has 164 valence electrons. The number of hydrogen-bond acceptors (Lipinski definition) is 5. The highest BCUT2D eigenvalue weighted by molar-refractivity contribution is 5.93. The van der Waals surface area contributed by atoms with Gasteiger partial charge in [0.1, 0.15) is 0 Å². The molecule has 32 heavy (non-hydrogen) atoms. The van der Waals surface area contributed by atoms with Crippen LogP contribution in [0.1, 0.15) is 26.3 Å². The summed E-state index contributed by atoms with van der Waals surface area (Å²) in [6.45, 7) is 10.2. The average Bonchev–Trinajstić information content (AvgIpc) is 3.24. The van der Waals surface area contributed by atoms with Crippen LogP contribution in [-0.2, 0) is 4.79 Å². The van der Waals surface area contributed by atoms with Gasteiger partial charge in [-0.3, -0.25) is 4.79 Å². The first-order valence-corrected chi connectivity index (χ1v) is 11.2. The fourth-order valence-corrected chi connectivity index (χ4v) is 4.47. The van der Waals surface area contributed by atoms with Crippen molar-refractivity contribution in [3.05, 3.63) is 54.1 Å². The largest absolute Gasteiger partial charge is 0.338 e. The molecule has 0 unspecified atom stereocenters. The molecule has 3 heterocycles. The van der Waals surface area contributed by atoms with Crippen LogP contribution in [0.5, 0.6) is 0 Å². The zero-order valence-electron chi connectivity index (χ0n) is 19.0. The Kier molecular flexibility index (Phi) is 5.04. The van der Waals surface area contributed by atoms with E-state index in [1.807, 2.05) is 43.0 Å². The summed E-state index contributed by atoms with van der Waals surface area (Å²) in [5, 5.41) is 10.1. The molecule has 0 spiro atoms. The standard InChI is InChI=1S/C25H28N6O/c1-16(2)24(32)30-14-13-29(15-18(30)4)25-26-21-8-6-5-7-20(21)23-28-27-22(31(23)25)19-11-9-17(3)10-12-19/h5-12,16,18H,13-15H2,1-4H3/t18-/m0/s1. The van der Waals surface area contributed by atoms with Crippen molar-refractivity contribution in [1.29, 1.82) is 0 Å². The summed E-state index contributed by atoms with van der Waals surface area (Å²) in [6.07, 6.45) is 0. The highest BCUT2D eigenvalue weighted by Crippen LogP contribution is 2.29. The van der Waals surface area contributed by atoms with Crippen LogP contribution in [0.15, 0.2) is 48.5 Å². The van der Waals surface area contributed by atoms with Crippen LogP contribution < -0.4 is 4.90 Å². The van der Waals surface area contributed by atoms with Crippen molar-refractivity contribution in [2.24, 2.45) is 5.92 Å². The summed E-state index contributed by atoms with van der Waals surface area (Å²) < 4.78 is 2.07. The lowest BCUT2D eigenvalue weighted by molar-refractivity contribution is -0.136. The second-order valence-electron chi connectivity index (χ2n) is 8.96. The number of hydrogen-bond donors (Lipinski definition) is 0. The van der Waals surface area contributed by atoms with Gasteiger partial charge in [-0.25, -0.2) is 9.38 Å². The first-order valence-electron chi connectivity index (χ1n) is 11.2.